The number of nitro groups is 1. The topological polar surface area (TPSA) is 117 Å². The second-order valence-electron chi connectivity index (χ2n) is 4.83. The van der Waals surface area contributed by atoms with Gasteiger partial charge in [-0.25, -0.2) is 0 Å². The molecule has 0 saturated heterocycles. The normalized spacial score (nSPS) is 11.6. The Hall–Kier alpha value is -3.27. The van der Waals surface area contributed by atoms with Gasteiger partial charge in [0.15, 0.2) is 4.80 Å². The maximum absolute atomic E-state index is 12.2. The summed E-state index contributed by atoms with van der Waals surface area (Å²) in [4.78, 5) is 38.0. The lowest BCUT2D eigenvalue weighted by Gasteiger charge is -2.02. The van der Waals surface area contributed by atoms with Crippen LogP contribution in [0.4, 0.5) is 5.88 Å². The minimum Gasteiger partial charge on any atom is -0.468 e. The molecule has 0 unspecified atom stereocenters. The van der Waals surface area contributed by atoms with Gasteiger partial charge < -0.3 is 13.7 Å². The quantitative estimate of drug-likeness (QED) is 0.399. The maximum atomic E-state index is 12.2. The van der Waals surface area contributed by atoms with Gasteiger partial charge in [0.1, 0.15) is 11.5 Å². The number of para-hydroxylation sites is 1. The lowest BCUT2D eigenvalue weighted by molar-refractivity contribution is -0.402. The number of carbonyl (C=O) groups excluding carboxylic acids is 2. The van der Waals surface area contributed by atoms with E-state index in [1.807, 2.05) is 12.1 Å². The molecule has 2 aromatic heterocycles. The number of thiazole rings is 1. The highest BCUT2D eigenvalue weighted by molar-refractivity contribution is 7.16. The number of hydrogen-bond acceptors (Lipinski definition) is 7. The maximum Gasteiger partial charge on any atom is 0.433 e. The zero-order chi connectivity index (χ0) is 18.0. The predicted molar refractivity (Wildman–Crippen MR) is 87.1 cm³/mol. The first-order valence-corrected chi connectivity index (χ1v) is 7.79. The van der Waals surface area contributed by atoms with Crippen molar-refractivity contribution < 1.29 is 23.7 Å². The zero-order valence-corrected chi connectivity index (χ0v) is 13.7. The molecule has 1 aromatic carbocycles. The highest BCUT2D eigenvalue weighted by Crippen LogP contribution is 2.18. The van der Waals surface area contributed by atoms with Gasteiger partial charge in [0, 0.05) is 0 Å². The number of rotatable bonds is 4. The van der Waals surface area contributed by atoms with Crippen molar-refractivity contribution in [3.8, 4) is 0 Å². The fourth-order valence-electron chi connectivity index (χ4n) is 2.14. The van der Waals surface area contributed by atoms with Gasteiger partial charge in [0.05, 0.1) is 23.4 Å². The Bertz CT molecular complexity index is 1040. The monoisotopic (exact) mass is 361 g/mol. The Labute approximate surface area is 143 Å². The standard InChI is InChI=1S/C15H11N3O6S/c1-23-13(19)8-17-9-4-2-3-5-11(9)25-15(17)16-14(20)10-6-7-12(24-10)18(21)22/h2-7H,8H2,1H3. The first kappa shape index (κ1) is 16.6. The van der Waals surface area contributed by atoms with Gasteiger partial charge in [0.2, 0.25) is 5.76 Å². The number of carbonyl (C=O) groups is 2. The molecule has 9 nitrogen and oxygen atoms in total. The van der Waals surface area contributed by atoms with Crippen molar-refractivity contribution in [2.45, 2.75) is 6.54 Å². The number of amides is 1. The molecule has 2 heterocycles. The molecule has 0 aliphatic heterocycles. The summed E-state index contributed by atoms with van der Waals surface area (Å²) in [6.07, 6.45) is 0. The Morgan fingerprint density at radius 3 is 2.76 bits per heavy atom. The van der Waals surface area contributed by atoms with E-state index >= 15 is 0 Å². The molecular weight excluding hydrogens is 350 g/mol. The van der Waals surface area contributed by atoms with Crippen LogP contribution in [0.1, 0.15) is 10.6 Å². The zero-order valence-electron chi connectivity index (χ0n) is 12.9. The predicted octanol–water partition coefficient (Wildman–Crippen LogP) is 2.12. The van der Waals surface area contributed by atoms with Gasteiger partial charge in [0.25, 0.3) is 0 Å². The molecule has 0 bridgehead atoms. The van der Waals surface area contributed by atoms with E-state index in [2.05, 4.69) is 9.73 Å². The third-order valence-electron chi connectivity index (χ3n) is 3.28. The Balaban J connectivity index is 2.07. The van der Waals surface area contributed by atoms with Crippen LogP contribution in [0.25, 0.3) is 10.2 Å². The molecular formula is C15H11N3O6S. The van der Waals surface area contributed by atoms with Gasteiger partial charge >= 0.3 is 17.8 Å². The van der Waals surface area contributed by atoms with Crippen LogP contribution >= 0.6 is 11.3 Å². The molecule has 0 aliphatic carbocycles. The van der Waals surface area contributed by atoms with Crippen molar-refractivity contribution >= 4 is 39.3 Å². The van der Waals surface area contributed by atoms with Crippen LogP contribution in [-0.4, -0.2) is 28.5 Å². The first-order valence-electron chi connectivity index (χ1n) is 6.98. The van der Waals surface area contributed by atoms with E-state index in [1.54, 1.807) is 16.7 Å². The van der Waals surface area contributed by atoms with Gasteiger partial charge in [-0.15, -0.1) is 0 Å². The van der Waals surface area contributed by atoms with E-state index in [-0.39, 0.29) is 17.1 Å². The minimum absolute atomic E-state index is 0.120. The molecule has 128 valence electrons. The summed E-state index contributed by atoms with van der Waals surface area (Å²) in [6, 6.07) is 9.50. The SMILES string of the molecule is COC(=O)Cn1c(=NC(=O)c2ccc([N+](=O)[O-])o2)sc2ccccc21. The Kier molecular flexibility index (Phi) is 4.44. The van der Waals surface area contributed by atoms with E-state index in [0.717, 1.165) is 16.3 Å². The van der Waals surface area contributed by atoms with Crippen LogP contribution in [0.2, 0.25) is 0 Å². The van der Waals surface area contributed by atoms with Crippen LogP contribution in [0.5, 0.6) is 0 Å². The molecule has 1 amide bonds. The molecule has 25 heavy (non-hydrogen) atoms. The van der Waals surface area contributed by atoms with Gasteiger partial charge in [-0.2, -0.15) is 4.99 Å². The molecule has 0 saturated carbocycles. The largest absolute Gasteiger partial charge is 0.468 e. The van der Waals surface area contributed by atoms with E-state index in [0.29, 0.717) is 0 Å². The van der Waals surface area contributed by atoms with Gasteiger partial charge in [-0.3, -0.25) is 19.7 Å². The summed E-state index contributed by atoms with van der Waals surface area (Å²) in [7, 11) is 1.27. The van der Waals surface area contributed by atoms with Gasteiger partial charge in [-0.1, -0.05) is 23.5 Å². The second-order valence-corrected chi connectivity index (χ2v) is 5.84. The number of fused-ring (bicyclic) bond motifs is 1. The molecule has 0 fully saturated rings. The molecule has 0 spiro atoms. The van der Waals surface area contributed by atoms with Crippen LogP contribution in [0.3, 0.4) is 0 Å². The van der Waals surface area contributed by atoms with Crippen molar-refractivity contribution in [1.29, 1.82) is 0 Å². The number of benzene rings is 1. The fourth-order valence-corrected chi connectivity index (χ4v) is 3.16. The van der Waals surface area contributed by atoms with Crippen molar-refractivity contribution in [3.63, 3.8) is 0 Å². The third-order valence-corrected chi connectivity index (χ3v) is 4.34. The van der Waals surface area contributed by atoms with Gasteiger partial charge in [-0.05, 0) is 18.2 Å². The molecule has 3 rings (SSSR count). The number of furan rings is 1. The molecule has 3 aromatic rings. The van der Waals surface area contributed by atoms with E-state index in [4.69, 9.17) is 4.42 Å². The molecule has 0 aliphatic rings. The van der Waals surface area contributed by atoms with E-state index in [9.17, 15) is 19.7 Å². The molecule has 0 N–H and O–H groups in total. The Morgan fingerprint density at radius 1 is 1.32 bits per heavy atom. The van der Waals surface area contributed by atoms with Crippen LogP contribution < -0.4 is 4.80 Å². The molecule has 10 heteroatoms. The van der Waals surface area contributed by atoms with Crippen LogP contribution in [0.15, 0.2) is 45.8 Å². The average molecular weight is 361 g/mol. The second kappa shape index (κ2) is 6.69. The van der Waals surface area contributed by atoms with Crippen molar-refractivity contribution in [2.24, 2.45) is 4.99 Å². The molecule has 0 atom stereocenters. The highest BCUT2D eigenvalue weighted by atomic mass is 32.1. The number of ether oxygens (including phenoxy) is 1. The summed E-state index contributed by atoms with van der Waals surface area (Å²) in [6.45, 7) is -0.120. The van der Waals surface area contributed by atoms with Crippen molar-refractivity contribution in [2.75, 3.05) is 7.11 Å². The fraction of sp³-hybridized carbons (Fsp3) is 0.133. The van der Waals surface area contributed by atoms with Crippen LogP contribution in [0, 0.1) is 10.1 Å². The number of nitrogens with zero attached hydrogens (tertiary/aromatic N) is 3. The summed E-state index contributed by atoms with van der Waals surface area (Å²) >= 11 is 1.20. The lowest BCUT2D eigenvalue weighted by Crippen LogP contribution is -2.22. The minimum atomic E-state index is -0.779. The summed E-state index contributed by atoms with van der Waals surface area (Å²) in [5, 5.41) is 10.6. The average Bonchev–Trinajstić information content (AvgIpc) is 3.21. The smallest absolute Gasteiger partial charge is 0.433 e. The van der Waals surface area contributed by atoms with E-state index in [1.165, 1.54) is 24.5 Å². The first-order chi connectivity index (χ1) is 12.0. The number of methoxy groups -OCH3 is 1. The van der Waals surface area contributed by atoms with Crippen LogP contribution in [-0.2, 0) is 16.1 Å². The lowest BCUT2D eigenvalue weighted by atomic mass is 10.3. The Morgan fingerprint density at radius 2 is 2.08 bits per heavy atom. The summed E-state index contributed by atoms with van der Waals surface area (Å²) in [5.74, 6) is -2.07. The number of hydrogen-bond donors (Lipinski definition) is 0. The summed E-state index contributed by atoms with van der Waals surface area (Å²) in [5.41, 5.74) is 0.717. The third kappa shape index (κ3) is 3.33. The highest BCUT2D eigenvalue weighted by Gasteiger charge is 2.18. The molecule has 0 radical (unpaired) electrons. The van der Waals surface area contributed by atoms with Crippen molar-refractivity contribution in [1.82, 2.24) is 4.57 Å². The van der Waals surface area contributed by atoms with Crippen molar-refractivity contribution in [3.05, 3.63) is 57.1 Å². The number of aromatic nitrogens is 1. The summed E-state index contributed by atoms with van der Waals surface area (Å²) < 4.78 is 11.9. The van der Waals surface area contributed by atoms with E-state index < -0.39 is 22.7 Å². The number of esters is 1.